The second-order valence-corrected chi connectivity index (χ2v) is 4.37. The SMILES string of the molecule is O=C(O)c1coc(CN2C(=O)C3C=CC2C3)c1. The van der Waals surface area contributed by atoms with E-state index >= 15 is 0 Å². The van der Waals surface area contributed by atoms with E-state index in [-0.39, 0.29) is 23.4 Å². The Morgan fingerprint density at radius 1 is 1.53 bits per heavy atom. The third-order valence-corrected chi connectivity index (χ3v) is 3.29. The Balaban J connectivity index is 1.77. The number of carbonyl (C=O) groups is 2. The zero-order chi connectivity index (χ0) is 12.0. The summed E-state index contributed by atoms with van der Waals surface area (Å²) in [4.78, 5) is 24.3. The molecule has 1 N–H and O–H groups in total. The number of amides is 1. The van der Waals surface area contributed by atoms with Crippen LogP contribution in [0.15, 0.2) is 28.9 Å². The van der Waals surface area contributed by atoms with Gasteiger partial charge in [0.2, 0.25) is 5.91 Å². The van der Waals surface area contributed by atoms with E-state index in [2.05, 4.69) is 0 Å². The Hall–Kier alpha value is -2.04. The minimum Gasteiger partial charge on any atom is -0.478 e. The molecule has 0 aromatic carbocycles. The lowest BCUT2D eigenvalue weighted by Gasteiger charge is -2.22. The van der Waals surface area contributed by atoms with E-state index in [0.29, 0.717) is 12.3 Å². The van der Waals surface area contributed by atoms with Gasteiger partial charge in [0.25, 0.3) is 0 Å². The molecule has 0 saturated carbocycles. The van der Waals surface area contributed by atoms with Gasteiger partial charge < -0.3 is 14.4 Å². The average molecular weight is 233 g/mol. The van der Waals surface area contributed by atoms with Crippen LogP contribution in [0.5, 0.6) is 0 Å². The normalized spacial score (nSPS) is 25.9. The lowest BCUT2D eigenvalue weighted by molar-refractivity contribution is -0.131. The van der Waals surface area contributed by atoms with Crippen LogP contribution >= 0.6 is 0 Å². The number of likely N-dealkylation sites (tertiary alicyclic amines) is 1. The highest BCUT2D eigenvalue weighted by Gasteiger charge is 2.41. The van der Waals surface area contributed by atoms with Crippen molar-refractivity contribution in [1.29, 1.82) is 0 Å². The van der Waals surface area contributed by atoms with Gasteiger partial charge in [-0.2, -0.15) is 0 Å². The minimum atomic E-state index is -1.02. The molecule has 2 aliphatic rings. The first-order valence-electron chi connectivity index (χ1n) is 5.44. The molecular weight excluding hydrogens is 222 g/mol. The first-order valence-corrected chi connectivity index (χ1v) is 5.44. The van der Waals surface area contributed by atoms with Crippen molar-refractivity contribution < 1.29 is 19.1 Å². The third-order valence-electron chi connectivity index (χ3n) is 3.29. The van der Waals surface area contributed by atoms with Crippen LogP contribution in [0.3, 0.4) is 0 Å². The summed E-state index contributed by atoms with van der Waals surface area (Å²) in [5.41, 5.74) is 0.118. The molecule has 3 rings (SSSR count). The highest BCUT2D eigenvalue weighted by atomic mass is 16.4. The van der Waals surface area contributed by atoms with E-state index in [0.717, 1.165) is 6.42 Å². The van der Waals surface area contributed by atoms with Crippen LogP contribution in [-0.4, -0.2) is 27.9 Å². The highest BCUT2D eigenvalue weighted by molar-refractivity contribution is 5.87. The number of rotatable bonds is 3. The fourth-order valence-electron chi connectivity index (χ4n) is 2.41. The Labute approximate surface area is 97.3 Å². The molecule has 88 valence electrons. The van der Waals surface area contributed by atoms with Crippen LogP contribution < -0.4 is 0 Å². The second-order valence-electron chi connectivity index (χ2n) is 4.37. The third kappa shape index (κ3) is 1.54. The van der Waals surface area contributed by atoms with E-state index in [9.17, 15) is 9.59 Å². The van der Waals surface area contributed by atoms with Crippen molar-refractivity contribution in [3.63, 3.8) is 0 Å². The number of nitrogens with zero attached hydrogens (tertiary/aromatic N) is 1. The predicted molar refractivity (Wildman–Crippen MR) is 57.3 cm³/mol. The van der Waals surface area contributed by atoms with Crippen LogP contribution in [-0.2, 0) is 11.3 Å². The summed E-state index contributed by atoms with van der Waals surface area (Å²) in [5.74, 6) is -0.398. The molecule has 1 aliphatic heterocycles. The molecule has 0 spiro atoms. The molecule has 5 nitrogen and oxygen atoms in total. The topological polar surface area (TPSA) is 70.8 Å². The Morgan fingerprint density at radius 2 is 2.35 bits per heavy atom. The van der Waals surface area contributed by atoms with Gasteiger partial charge in [0.15, 0.2) is 0 Å². The maximum Gasteiger partial charge on any atom is 0.338 e. The molecule has 0 radical (unpaired) electrons. The number of hydrogen-bond acceptors (Lipinski definition) is 3. The minimum absolute atomic E-state index is 0.00825. The molecule has 2 bridgehead atoms. The molecule has 1 fully saturated rings. The lowest BCUT2D eigenvalue weighted by atomic mass is 10.1. The molecule has 2 atom stereocenters. The van der Waals surface area contributed by atoms with E-state index in [1.807, 2.05) is 12.2 Å². The van der Waals surface area contributed by atoms with Gasteiger partial charge in [-0.05, 0) is 12.5 Å². The summed E-state index contributed by atoms with van der Waals surface area (Å²) in [5, 5.41) is 8.76. The van der Waals surface area contributed by atoms with E-state index < -0.39 is 5.97 Å². The van der Waals surface area contributed by atoms with Gasteiger partial charge in [-0.25, -0.2) is 4.79 Å². The van der Waals surface area contributed by atoms with Crippen molar-refractivity contribution in [1.82, 2.24) is 4.90 Å². The molecule has 5 heteroatoms. The molecule has 1 amide bonds. The molecular formula is C12H11NO4. The van der Waals surface area contributed by atoms with Gasteiger partial charge in [-0.15, -0.1) is 0 Å². The number of aromatic carboxylic acids is 1. The first kappa shape index (κ1) is 10.1. The summed E-state index contributed by atoms with van der Waals surface area (Å²) >= 11 is 0. The van der Waals surface area contributed by atoms with Crippen LogP contribution in [0.4, 0.5) is 0 Å². The predicted octanol–water partition coefficient (Wildman–Crippen LogP) is 1.26. The monoisotopic (exact) mass is 233 g/mol. The van der Waals surface area contributed by atoms with E-state index in [1.54, 1.807) is 4.90 Å². The van der Waals surface area contributed by atoms with Crippen LogP contribution in [0.25, 0.3) is 0 Å². The summed E-state index contributed by atoms with van der Waals surface area (Å²) < 4.78 is 5.15. The van der Waals surface area contributed by atoms with Gasteiger partial charge in [0.1, 0.15) is 12.0 Å². The summed E-state index contributed by atoms with van der Waals surface area (Å²) in [7, 11) is 0. The van der Waals surface area contributed by atoms with Gasteiger partial charge in [-0.3, -0.25) is 4.79 Å². The standard InChI is InChI=1S/C12H11NO4/c14-11-7-1-2-9(3-7)13(11)5-10-4-8(6-17-10)12(15)16/h1-2,4,6-7,9H,3,5H2,(H,15,16). The maximum absolute atomic E-state index is 11.8. The van der Waals surface area contributed by atoms with Gasteiger partial charge in [0.05, 0.1) is 24.1 Å². The van der Waals surface area contributed by atoms with Crippen LogP contribution in [0.1, 0.15) is 22.5 Å². The summed E-state index contributed by atoms with van der Waals surface area (Å²) in [6.07, 6.45) is 6.00. The van der Waals surface area contributed by atoms with E-state index in [4.69, 9.17) is 9.52 Å². The highest BCUT2D eigenvalue weighted by Crippen LogP contribution is 2.33. The average Bonchev–Trinajstić information content (AvgIpc) is 2.97. The molecule has 2 heterocycles. The molecule has 1 aliphatic carbocycles. The number of carboxylic acid groups (broad SMARTS) is 1. The fourth-order valence-corrected chi connectivity index (χ4v) is 2.41. The number of carboxylic acids is 1. The van der Waals surface area contributed by atoms with Crippen molar-refractivity contribution in [3.8, 4) is 0 Å². The quantitative estimate of drug-likeness (QED) is 0.798. The first-order chi connectivity index (χ1) is 8.15. The number of hydrogen-bond donors (Lipinski definition) is 1. The van der Waals surface area contributed by atoms with Crippen molar-refractivity contribution in [3.05, 3.63) is 35.8 Å². The van der Waals surface area contributed by atoms with Gasteiger partial charge in [-0.1, -0.05) is 12.2 Å². The lowest BCUT2D eigenvalue weighted by Crippen LogP contribution is -2.33. The Kier molecular flexibility index (Phi) is 2.07. The fraction of sp³-hybridized carbons (Fsp3) is 0.333. The van der Waals surface area contributed by atoms with Crippen LogP contribution in [0, 0.1) is 5.92 Å². The van der Waals surface area contributed by atoms with Crippen LogP contribution in [0.2, 0.25) is 0 Å². The summed E-state index contributed by atoms with van der Waals surface area (Å²) in [6, 6.07) is 1.61. The zero-order valence-corrected chi connectivity index (χ0v) is 9.00. The molecule has 1 aromatic rings. The molecule has 1 saturated heterocycles. The molecule has 2 unspecified atom stereocenters. The number of furan rings is 1. The van der Waals surface area contributed by atoms with Crippen molar-refractivity contribution in [2.75, 3.05) is 0 Å². The van der Waals surface area contributed by atoms with Gasteiger partial charge >= 0.3 is 5.97 Å². The zero-order valence-electron chi connectivity index (χ0n) is 9.00. The number of fused-ring (bicyclic) bond motifs is 2. The maximum atomic E-state index is 11.8. The van der Waals surface area contributed by atoms with Crippen molar-refractivity contribution >= 4 is 11.9 Å². The van der Waals surface area contributed by atoms with Crippen molar-refractivity contribution in [2.45, 2.75) is 19.0 Å². The Morgan fingerprint density at radius 3 is 2.94 bits per heavy atom. The molecule has 17 heavy (non-hydrogen) atoms. The van der Waals surface area contributed by atoms with Gasteiger partial charge in [0, 0.05) is 0 Å². The summed E-state index contributed by atoms with van der Waals surface area (Å²) in [6.45, 7) is 0.345. The smallest absolute Gasteiger partial charge is 0.338 e. The Bertz CT molecular complexity index is 516. The van der Waals surface area contributed by atoms with Crippen molar-refractivity contribution in [2.24, 2.45) is 5.92 Å². The second kappa shape index (κ2) is 3.48. The van der Waals surface area contributed by atoms with E-state index in [1.165, 1.54) is 12.3 Å². The molecule has 1 aromatic heterocycles. The number of carbonyl (C=O) groups excluding carboxylic acids is 1. The largest absolute Gasteiger partial charge is 0.478 e.